The molecule has 2 aliphatic rings. The summed E-state index contributed by atoms with van der Waals surface area (Å²) in [5.74, 6) is 1.43. The van der Waals surface area contributed by atoms with E-state index in [1.165, 1.54) is 18.4 Å². The predicted octanol–water partition coefficient (Wildman–Crippen LogP) is 2.38. The van der Waals surface area contributed by atoms with Crippen LogP contribution in [0.3, 0.4) is 0 Å². The molecule has 0 aromatic heterocycles. The average Bonchev–Trinajstić information content (AvgIpc) is 2.72. The van der Waals surface area contributed by atoms with Crippen LogP contribution in [0.25, 0.3) is 0 Å². The average molecular weight is 431 g/mol. The predicted molar refractivity (Wildman–Crippen MR) is 120 cm³/mol. The monoisotopic (exact) mass is 430 g/mol. The van der Waals surface area contributed by atoms with Crippen molar-refractivity contribution in [1.29, 1.82) is 0 Å². The van der Waals surface area contributed by atoms with Gasteiger partial charge in [0.2, 0.25) is 10.0 Å². The Morgan fingerprint density at radius 3 is 2.20 bits per heavy atom. The third-order valence-electron chi connectivity index (χ3n) is 5.80. The molecule has 0 unspecified atom stereocenters. The van der Waals surface area contributed by atoms with Crippen molar-refractivity contribution in [3.63, 3.8) is 0 Å². The van der Waals surface area contributed by atoms with Crippen molar-refractivity contribution in [3.05, 3.63) is 54.1 Å². The van der Waals surface area contributed by atoms with Crippen LogP contribution in [0.5, 0.6) is 11.5 Å². The molecule has 2 aromatic rings. The highest BCUT2D eigenvalue weighted by Crippen LogP contribution is 2.26. The van der Waals surface area contributed by atoms with Crippen LogP contribution in [0, 0.1) is 0 Å². The van der Waals surface area contributed by atoms with Gasteiger partial charge in [-0.15, -0.1) is 0 Å². The Morgan fingerprint density at radius 1 is 1.00 bits per heavy atom. The van der Waals surface area contributed by atoms with Crippen LogP contribution in [-0.2, 0) is 16.6 Å². The highest BCUT2D eigenvalue weighted by molar-refractivity contribution is 7.92. The molecule has 3 N–H and O–H groups in total. The van der Waals surface area contributed by atoms with Crippen molar-refractivity contribution in [1.82, 2.24) is 15.5 Å². The summed E-state index contributed by atoms with van der Waals surface area (Å²) < 4.78 is 30.9. The van der Waals surface area contributed by atoms with Crippen LogP contribution < -0.4 is 20.1 Å². The minimum absolute atomic E-state index is 0.291. The first-order valence-electron chi connectivity index (χ1n) is 10.4. The van der Waals surface area contributed by atoms with Gasteiger partial charge in [-0.3, -0.25) is 9.62 Å². The Kier molecular flexibility index (Phi) is 6.29. The number of hydrogen-bond donors (Lipinski definition) is 3. The largest absolute Gasteiger partial charge is 0.457 e. The summed E-state index contributed by atoms with van der Waals surface area (Å²) in [5.41, 5.74) is 2.09. The third-order valence-corrected chi connectivity index (χ3v) is 6.41. The van der Waals surface area contributed by atoms with Crippen molar-refractivity contribution in [3.8, 4) is 11.5 Å². The maximum Gasteiger partial charge on any atom is 0.229 e. The maximum absolute atomic E-state index is 11.3. The first-order chi connectivity index (χ1) is 14.4. The molecule has 2 fully saturated rings. The van der Waals surface area contributed by atoms with Gasteiger partial charge < -0.3 is 15.4 Å². The maximum atomic E-state index is 11.3. The van der Waals surface area contributed by atoms with E-state index in [0.29, 0.717) is 17.0 Å². The van der Waals surface area contributed by atoms with Crippen molar-refractivity contribution in [2.45, 2.75) is 24.9 Å². The number of likely N-dealkylation sites (tertiary alicyclic amines) is 1. The van der Waals surface area contributed by atoms with Gasteiger partial charge in [0.1, 0.15) is 11.5 Å². The Balaban J connectivity index is 1.28. The standard InChI is InChI=1S/C22H30N4O3S/c1-30(27,28)25-19-4-8-21(9-5-19)29-20-6-2-18(3-7-20)16-26-14-10-22(11-15-26)17-23-12-13-24-22/h2-9,23-25H,10-17H2,1H3. The van der Waals surface area contributed by atoms with Gasteiger partial charge >= 0.3 is 0 Å². The number of piperazine rings is 1. The number of anilines is 1. The summed E-state index contributed by atoms with van der Waals surface area (Å²) in [5, 5.41) is 7.25. The van der Waals surface area contributed by atoms with E-state index in [4.69, 9.17) is 4.74 Å². The van der Waals surface area contributed by atoms with Crippen molar-refractivity contribution < 1.29 is 13.2 Å². The lowest BCUT2D eigenvalue weighted by Gasteiger charge is -2.45. The Morgan fingerprint density at radius 2 is 1.63 bits per heavy atom. The molecule has 8 heteroatoms. The van der Waals surface area contributed by atoms with Crippen LogP contribution in [-0.4, -0.2) is 57.8 Å². The topological polar surface area (TPSA) is 82.7 Å². The lowest BCUT2D eigenvalue weighted by Crippen LogP contribution is -2.63. The Hall–Kier alpha value is -2.13. The van der Waals surface area contributed by atoms with Gasteiger partial charge in [-0.25, -0.2) is 8.42 Å². The molecule has 0 bridgehead atoms. The van der Waals surface area contributed by atoms with E-state index in [-0.39, 0.29) is 0 Å². The number of piperidine rings is 1. The van der Waals surface area contributed by atoms with Gasteiger partial charge in [0.15, 0.2) is 0 Å². The molecule has 0 radical (unpaired) electrons. The van der Waals surface area contributed by atoms with Crippen LogP contribution in [0.15, 0.2) is 48.5 Å². The molecule has 30 heavy (non-hydrogen) atoms. The molecule has 162 valence electrons. The van der Waals surface area contributed by atoms with Gasteiger partial charge in [-0.05, 0) is 54.8 Å². The first kappa shape index (κ1) is 21.1. The fourth-order valence-corrected chi connectivity index (χ4v) is 4.73. The normalized spacial score (nSPS) is 19.5. The summed E-state index contributed by atoms with van der Waals surface area (Å²) in [7, 11) is -3.28. The number of rotatable bonds is 6. The second-order valence-electron chi connectivity index (χ2n) is 8.30. The van der Waals surface area contributed by atoms with E-state index in [1.807, 2.05) is 12.1 Å². The fourth-order valence-electron chi connectivity index (χ4n) is 4.16. The van der Waals surface area contributed by atoms with Crippen molar-refractivity contribution in [2.75, 3.05) is 43.7 Å². The zero-order valence-corrected chi connectivity index (χ0v) is 18.2. The van der Waals surface area contributed by atoms with Crippen molar-refractivity contribution in [2.24, 2.45) is 0 Å². The second-order valence-corrected chi connectivity index (χ2v) is 10.1. The lowest BCUT2D eigenvalue weighted by atomic mass is 9.86. The number of sulfonamides is 1. The molecule has 0 aliphatic carbocycles. The van der Waals surface area contributed by atoms with E-state index in [1.54, 1.807) is 24.3 Å². The molecule has 4 rings (SSSR count). The van der Waals surface area contributed by atoms with E-state index < -0.39 is 10.0 Å². The molecule has 2 heterocycles. The Labute approximate surface area is 178 Å². The summed E-state index contributed by atoms with van der Waals surface area (Å²) in [4.78, 5) is 2.52. The fraction of sp³-hybridized carbons (Fsp3) is 0.455. The Bertz CT molecular complexity index is 929. The number of nitrogens with one attached hydrogen (secondary N) is 3. The zero-order valence-electron chi connectivity index (χ0n) is 17.4. The summed E-state index contributed by atoms with van der Waals surface area (Å²) in [6.45, 7) is 6.40. The number of benzene rings is 2. The van der Waals surface area contributed by atoms with Crippen LogP contribution in [0.4, 0.5) is 5.69 Å². The number of nitrogens with zero attached hydrogens (tertiary/aromatic N) is 1. The highest BCUT2D eigenvalue weighted by Gasteiger charge is 2.35. The minimum Gasteiger partial charge on any atom is -0.457 e. The molecule has 7 nitrogen and oxygen atoms in total. The summed E-state index contributed by atoms with van der Waals surface area (Å²) in [6.07, 6.45) is 3.50. The van der Waals surface area contributed by atoms with Crippen LogP contribution in [0.1, 0.15) is 18.4 Å². The molecule has 2 aliphatic heterocycles. The first-order valence-corrected chi connectivity index (χ1v) is 12.3. The number of hydrogen-bond acceptors (Lipinski definition) is 6. The molecule has 2 saturated heterocycles. The van der Waals surface area contributed by atoms with Crippen LogP contribution >= 0.6 is 0 Å². The molecule has 0 atom stereocenters. The summed E-state index contributed by atoms with van der Waals surface area (Å²) in [6, 6.07) is 15.1. The quantitative estimate of drug-likeness (QED) is 0.653. The van der Waals surface area contributed by atoms with Gasteiger partial charge in [-0.1, -0.05) is 12.1 Å². The van der Waals surface area contributed by atoms with Crippen LogP contribution in [0.2, 0.25) is 0 Å². The molecule has 0 saturated carbocycles. The summed E-state index contributed by atoms with van der Waals surface area (Å²) >= 11 is 0. The molecular weight excluding hydrogens is 400 g/mol. The van der Waals surface area contributed by atoms with Gasteiger partial charge in [0.25, 0.3) is 0 Å². The molecule has 1 spiro atoms. The second kappa shape index (κ2) is 8.93. The lowest BCUT2D eigenvalue weighted by molar-refractivity contribution is 0.116. The smallest absolute Gasteiger partial charge is 0.229 e. The van der Waals surface area contributed by atoms with E-state index in [2.05, 4.69) is 32.4 Å². The van der Waals surface area contributed by atoms with Gasteiger partial charge in [0, 0.05) is 50.5 Å². The highest BCUT2D eigenvalue weighted by atomic mass is 32.2. The molecular formula is C22H30N4O3S. The molecule has 0 amide bonds. The zero-order chi connectivity index (χ0) is 21.0. The number of ether oxygens (including phenoxy) is 1. The minimum atomic E-state index is -3.28. The molecule has 2 aromatic carbocycles. The van der Waals surface area contributed by atoms with E-state index in [0.717, 1.165) is 51.3 Å². The SMILES string of the molecule is CS(=O)(=O)Nc1ccc(Oc2ccc(CN3CCC4(CC3)CNCCN4)cc2)cc1. The van der Waals surface area contributed by atoms with Crippen molar-refractivity contribution >= 4 is 15.7 Å². The third kappa shape index (κ3) is 5.72. The van der Waals surface area contributed by atoms with E-state index >= 15 is 0 Å². The van der Waals surface area contributed by atoms with Gasteiger partial charge in [-0.2, -0.15) is 0 Å². The van der Waals surface area contributed by atoms with E-state index in [9.17, 15) is 8.42 Å². The van der Waals surface area contributed by atoms with Gasteiger partial charge in [0.05, 0.1) is 6.26 Å².